The van der Waals surface area contributed by atoms with Crippen molar-refractivity contribution in [3.05, 3.63) is 91.0 Å². The third kappa shape index (κ3) is 3.86. The summed E-state index contributed by atoms with van der Waals surface area (Å²) in [5.74, 6) is 0. The average Bonchev–Trinajstić information content (AvgIpc) is 2.64. The van der Waals surface area contributed by atoms with Crippen molar-refractivity contribution >= 4 is 55.3 Å². The Kier molecular flexibility index (Phi) is 6.37. The molecule has 3 rings (SSSR count). The van der Waals surface area contributed by atoms with Gasteiger partial charge in [-0.25, -0.2) is 0 Å². The number of thioether (sulfide) groups is 1. The molecule has 3 aromatic carbocycles. The van der Waals surface area contributed by atoms with Crippen LogP contribution in [0.15, 0.2) is 91.0 Å². The van der Waals surface area contributed by atoms with Gasteiger partial charge in [0.15, 0.2) is 0 Å². The van der Waals surface area contributed by atoms with Gasteiger partial charge in [-0.1, -0.05) is 0 Å². The van der Waals surface area contributed by atoms with Crippen LogP contribution < -0.4 is 10.7 Å². The van der Waals surface area contributed by atoms with Gasteiger partial charge in [-0.05, 0) is 0 Å². The molecule has 126 valence electrons. The van der Waals surface area contributed by atoms with E-state index in [9.17, 15) is 0 Å². The molecule has 0 unspecified atom stereocenters. The second kappa shape index (κ2) is 8.52. The fraction of sp³-hybridized carbons (Fsp3) is 0.136. The Morgan fingerprint density at radius 3 is 1.28 bits per heavy atom. The molecular weight excluding hydrogens is 447 g/mol. The molecule has 0 N–H and O–H groups in total. The monoisotopic (exact) mass is 470 g/mol. The van der Waals surface area contributed by atoms with Gasteiger partial charge in [0.1, 0.15) is 0 Å². The Hall–Kier alpha value is -1.10. The van der Waals surface area contributed by atoms with Gasteiger partial charge in [0.05, 0.1) is 0 Å². The van der Waals surface area contributed by atoms with Crippen molar-refractivity contribution in [1.82, 2.24) is 0 Å². The molecule has 3 heteroatoms. The van der Waals surface area contributed by atoms with Gasteiger partial charge in [0.25, 0.3) is 0 Å². The van der Waals surface area contributed by atoms with Crippen LogP contribution in [0.1, 0.15) is 13.8 Å². The Labute approximate surface area is 164 Å². The number of hydrogen-bond acceptors (Lipinski definition) is 2. The summed E-state index contributed by atoms with van der Waals surface area (Å²) in [7, 11) is 0. The molecule has 0 heterocycles. The Bertz CT molecular complexity index is 718. The molecule has 0 atom stereocenters. The van der Waals surface area contributed by atoms with E-state index >= 15 is 0 Å². The van der Waals surface area contributed by atoms with Gasteiger partial charge >= 0.3 is 165 Å². The quantitative estimate of drug-likeness (QED) is 0.407. The zero-order chi connectivity index (χ0) is 17.7. The van der Waals surface area contributed by atoms with Gasteiger partial charge in [0, 0.05) is 0 Å². The van der Waals surface area contributed by atoms with E-state index in [1.165, 1.54) is 13.0 Å². The predicted molar refractivity (Wildman–Crippen MR) is 119 cm³/mol. The fourth-order valence-corrected chi connectivity index (χ4v) is 23.5. The van der Waals surface area contributed by atoms with E-state index in [0.29, 0.717) is 5.25 Å². The molecule has 0 radical (unpaired) electrons. The fourth-order valence-electron chi connectivity index (χ4n) is 3.22. The first-order chi connectivity index (χ1) is 12.2. The first-order valence-electron chi connectivity index (χ1n) is 8.53. The van der Waals surface area contributed by atoms with Gasteiger partial charge in [0.2, 0.25) is 0 Å². The van der Waals surface area contributed by atoms with Gasteiger partial charge in [-0.3, -0.25) is 0 Å². The average molecular weight is 469 g/mol. The summed E-state index contributed by atoms with van der Waals surface area (Å²) in [6.45, 7) is 4.46. The molecule has 0 spiro atoms. The molecule has 0 aliphatic heterocycles. The van der Waals surface area contributed by atoms with Crippen LogP contribution in [0.5, 0.6) is 0 Å². The van der Waals surface area contributed by atoms with Gasteiger partial charge < -0.3 is 0 Å². The van der Waals surface area contributed by atoms with Crippen LogP contribution in [0, 0.1) is 0 Å². The molecular formula is C22H22S2Sn. The van der Waals surface area contributed by atoms with Crippen LogP contribution in [0.3, 0.4) is 0 Å². The van der Waals surface area contributed by atoms with Gasteiger partial charge in [-0.2, -0.15) is 0 Å². The van der Waals surface area contributed by atoms with Crippen LogP contribution >= 0.6 is 24.0 Å². The summed E-state index contributed by atoms with van der Waals surface area (Å²) < 4.78 is 5.47. The Morgan fingerprint density at radius 2 is 1.00 bits per heavy atom. The van der Waals surface area contributed by atoms with E-state index in [1.54, 1.807) is 0 Å². The molecule has 25 heavy (non-hydrogen) atoms. The molecule has 0 saturated carbocycles. The van der Waals surface area contributed by atoms with E-state index in [-0.39, 0.29) is 0 Å². The third-order valence-electron chi connectivity index (χ3n) is 4.27. The minimum atomic E-state index is -3.40. The molecule has 0 amide bonds. The maximum absolute atomic E-state index is 6.17. The number of hydrogen-bond donors (Lipinski definition) is 0. The van der Waals surface area contributed by atoms with E-state index in [2.05, 4.69) is 105 Å². The van der Waals surface area contributed by atoms with Crippen molar-refractivity contribution in [2.75, 3.05) is 0 Å². The zero-order valence-corrected chi connectivity index (χ0v) is 19.0. The normalized spacial score (nSPS) is 11.5. The Morgan fingerprint density at radius 1 is 0.680 bits per heavy atom. The predicted octanol–water partition coefficient (Wildman–Crippen LogP) is 4.17. The number of rotatable bonds is 5. The van der Waals surface area contributed by atoms with Crippen LogP contribution in [0.4, 0.5) is 0 Å². The first-order valence-corrected chi connectivity index (χ1v) is 15.5. The molecule has 0 bridgehead atoms. The Balaban J connectivity index is 2.34. The van der Waals surface area contributed by atoms with Crippen molar-refractivity contribution in [2.45, 2.75) is 19.1 Å². The van der Waals surface area contributed by atoms with Gasteiger partial charge in [-0.15, -0.1) is 0 Å². The van der Waals surface area contributed by atoms with Crippen molar-refractivity contribution < 1.29 is 0 Å². The van der Waals surface area contributed by atoms with Crippen molar-refractivity contribution in [3.8, 4) is 0 Å². The second-order valence-corrected chi connectivity index (χ2v) is 21.3. The van der Waals surface area contributed by atoms with E-state index in [4.69, 9.17) is 12.2 Å². The maximum atomic E-state index is 6.17. The standard InChI is InChI=1S/3C6H5.C4H7S2.Sn/c3*1-2-4-6-5-3-1;1-4(2)6-3-5;/h3*1-5H;4H,1-2H3;. The molecule has 0 aliphatic carbocycles. The van der Waals surface area contributed by atoms with Crippen molar-refractivity contribution in [2.24, 2.45) is 0 Å². The first kappa shape index (κ1) is 18.7. The number of thiocarbonyl (C=S) groups is 1. The molecule has 0 saturated heterocycles. The summed E-state index contributed by atoms with van der Waals surface area (Å²) in [6.07, 6.45) is 0. The van der Waals surface area contributed by atoms with Crippen LogP contribution in [-0.2, 0) is 0 Å². The molecule has 0 nitrogen and oxygen atoms in total. The summed E-state index contributed by atoms with van der Waals surface area (Å²) in [5, 5.41) is 0.486. The van der Waals surface area contributed by atoms with E-state index in [0.717, 1.165) is 0 Å². The van der Waals surface area contributed by atoms with Crippen LogP contribution in [0.25, 0.3) is 0 Å². The number of benzene rings is 3. The SMILES string of the molecule is CC(C)S[C](=S)[Sn]([c]1ccccc1)([c]1ccccc1)[c]1ccccc1. The molecule has 0 aromatic heterocycles. The van der Waals surface area contributed by atoms with Crippen molar-refractivity contribution in [1.29, 1.82) is 0 Å². The van der Waals surface area contributed by atoms with E-state index < -0.39 is 18.4 Å². The molecule has 0 fully saturated rings. The topological polar surface area (TPSA) is 0 Å². The molecule has 0 aliphatic rings. The molecule has 3 aromatic rings. The van der Waals surface area contributed by atoms with Crippen LogP contribution in [-0.4, -0.2) is 25.8 Å². The van der Waals surface area contributed by atoms with E-state index in [1.807, 2.05) is 11.8 Å². The van der Waals surface area contributed by atoms with Crippen LogP contribution in [0.2, 0.25) is 0 Å². The zero-order valence-electron chi connectivity index (χ0n) is 14.6. The van der Waals surface area contributed by atoms with Crippen molar-refractivity contribution in [3.63, 3.8) is 0 Å². The minimum absolute atomic E-state index is 0.486. The second-order valence-electron chi connectivity index (χ2n) is 6.30. The summed E-state index contributed by atoms with van der Waals surface area (Å²) in [5.41, 5.74) is 0. The summed E-state index contributed by atoms with van der Waals surface area (Å²) >= 11 is 4.64. The summed E-state index contributed by atoms with van der Waals surface area (Å²) in [6, 6.07) is 32.9. The third-order valence-corrected chi connectivity index (χ3v) is 22.4. The summed E-state index contributed by atoms with van der Waals surface area (Å²) in [4.78, 5) is 0.